The molecule has 0 aliphatic heterocycles. The number of anilines is 1. The SMILES string of the molecule is COC(=O)C(C)N(C(=O)CI)c1c(C)cccc1Cl. The number of carbonyl (C=O) groups is 2. The summed E-state index contributed by atoms with van der Waals surface area (Å²) < 4.78 is 4.96. The molecule has 6 heteroatoms. The number of esters is 1. The molecule has 0 aromatic heterocycles. The van der Waals surface area contributed by atoms with Crippen molar-refractivity contribution in [3.05, 3.63) is 28.8 Å². The first kappa shape index (κ1) is 16.2. The molecule has 4 nitrogen and oxygen atoms in total. The zero-order valence-corrected chi connectivity index (χ0v) is 13.9. The Kier molecular flexibility index (Phi) is 6.06. The monoisotopic (exact) mass is 395 g/mol. The first-order valence-corrected chi connectivity index (χ1v) is 7.55. The summed E-state index contributed by atoms with van der Waals surface area (Å²) in [5, 5.41) is 0.439. The van der Waals surface area contributed by atoms with Crippen molar-refractivity contribution in [3.63, 3.8) is 0 Å². The largest absolute Gasteiger partial charge is 0.467 e. The van der Waals surface area contributed by atoms with Gasteiger partial charge in [-0.05, 0) is 25.5 Å². The van der Waals surface area contributed by atoms with Gasteiger partial charge in [0, 0.05) is 0 Å². The van der Waals surface area contributed by atoms with Gasteiger partial charge in [-0.2, -0.15) is 0 Å². The van der Waals surface area contributed by atoms with E-state index in [0.717, 1.165) is 5.56 Å². The lowest BCUT2D eigenvalue weighted by Crippen LogP contribution is -2.45. The fourth-order valence-electron chi connectivity index (χ4n) is 1.80. The first-order valence-electron chi connectivity index (χ1n) is 5.65. The Morgan fingerprint density at radius 2 is 2.11 bits per heavy atom. The molecule has 0 radical (unpaired) electrons. The molecule has 104 valence electrons. The fourth-order valence-corrected chi connectivity index (χ4v) is 2.48. The highest BCUT2D eigenvalue weighted by Crippen LogP contribution is 2.31. The van der Waals surface area contributed by atoms with Crippen LogP contribution in [0, 0.1) is 6.92 Å². The highest BCUT2D eigenvalue weighted by Gasteiger charge is 2.29. The normalized spacial score (nSPS) is 11.8. The van der Waals surface area contributed by atoms with Crippen LogP contribution in [-0.4, -0.2) is 29.5 Å². The summed E-state index contributed by atoms with van der Waals surface area (Å²) in [5.41, 5.74) is 1.39. The third-order valence-electron chi connectivity index (χ3n) is 2.74. The lowest BCUT2D eigenvalue weighted by molar-refractivity contribution is -0.142. The van der Waals surface area contributed by atoms with Crippen LogP contribution >= 0.6 is 34.2 Å². The van der Waals surface area contributed by atoms with Gasteiger partial charge in [0.1, 0.15) is 6.04 Å². The van der Waals surface area contributed by atoms with Crippen LogP contribution in [0.3, 0.4) is 0 Å². The second-order valence-corrected chi connectivity index (χ2v) is 5.17. The summed E-state index contributed by atoms with van der Waals surface area (Å²) in [6, 6.07) is 4.63. The fraction of sp³-hybridized carbons (Fsp3) is 0.385. The summed E-state index contributed by atoms with van der Waals surface area (Å²) in [6.07, 6.45) is 0. The maximum atomic E-state index is 12.1. The van der Waals surface area contributed by atoms with Crippen molar-refractivity contribution in [2.24, 2.45) is 0 Å². The predicted molar refractivity (Wildman–Crippen MR) is 84.0 cm³/mol. The van der Waals surface area contributed by atoms with E-state index >= 15 is 0 Å². The third-order valence-corrected chi connectivity index (χ3v) is 3.70. The zero-order chi connectivity index (χ0) is 14.6. The molecule has 0 saturated heterocycles. The van der Waals surface area contributed by atoms with Crippen molar-refractivity contribution in [1.29, 1.82) is 0 Å². The number of alkyl halides is 1. The Labute approximate surface area is 131 Å². The van der Waals surface area contributed by atoms with Crippen molar-refractivity contribution >= 4 is 51.8 Å². The second kappa shape index (κ2) is 7.09. The second-order valence-electron chi connectivity index (χ2n) is 4.00. The molecular formula is C13H15ClINO3. The van der Waals surface area contributed by atoms with Crippen LogP contribution in [0.25, 0.3) is 0 Å². The van der Waals surface area contributed by atoms with Crippen LogP contribution < -0.4 is 4.90 Å². The topological polar surface area (TPSA) is 46.6 Å². The van der Waals surface area contributed by atoms with Gasteiger partial charge in [-0.1, -0.05) is 46.3 Å². The van der Waals surface area contributed by atoms with E-state index in [0.29, 0.717) is 10.7 Å². The standard InChI is InChI=1S/C13H15ClINO3/c1-8-5-4-6-10(14)12(8)16(11(17)7-15)9(2)13(18)19-3/h4-6,9H,7H2,1-3H3. The number of para-hydroxylation sites is 1. The third kappa shape index (κ3) is 3.60. The highest BCUT2D eigenvalue weighted by atomic mass is 127. The number of aryl methyl sites for hydroxylation is 1. The molecule has 0 fully saturated rings. The average molecular weight is 396 g/mol. The Hall–Kier alpha value is -0.820. The van der Waals surface area contributed by atoms with E-state index in [2.05, 4.69) is 0 Å². The molecule has 0 saturated carbocycles. The molecule has 0 spiro atoms. The molecule has 0 aliphatic rings. The molecule has 0 aliphatic carbocycles. The molecule has 1 amide bonds. The number of rotatable bonds is 4. The van der Waals surface area contributed by atoms with Gasteiger partial charge >= 0.3 is 5.97 Å². The van der Waals surface area contributed by atoms with Gasteiger partial charge in [0.05, 0.1) is 22.2 Å². The number of hydrogen-bond acceptors (Lipinski definition) is 3. The Morgan fingerprint density at radius 1 is 1.47 bits per heavy atom. The van der Waals surface area contributed by atoms with Crippen LogP contribution in [0.2, 0.25) is 5.02 Å². The van der Waals surface area contributed by atoms with Gasteiger partial charge in [-0.25, -0.2) is 4.79 Å². The maximum absolute atomic E-state index is 12.1. The van der Waals surface area contributed by atoms with Gasteiger partial charge in [0.2, 0.25) is 5.91 Å². The van der Waals surface area contributed by atoms with Crippen molar-refractivity contribution in [1.82, 2.24) is 0 Å². The number of carbonyl (C=O) groups excluding carboxylic acids is 2. The van der Waals surface area contributed by atoms with Crippen molar-refractivity contribution in [2.45, 2.75) is 19.9 Å². The molecule has 0 N–H and O–H groups in total. The summed E-state index contributed by atoms with van der Waals surface area (Å²) in [6.45, 7) is 3.47. The van der Waals surface area contributed by atoms with E-state index in [4.69, 9.17) is 16.3 Å². The minimum Gasteiger partial charge on any atom is -0.467 e. The smallest absolute Gasteiger partial charge is 0.328 e. The molecule has 1 rings (SSSR count). The number of hydrogen-bond donors (Lipinski definition) is 0. The molecule has 0 bridgehead atoms. The summed E-state index contributed by atoms with van der Waals surface area (Å²) in [5.74, 6) is -0.660. The Balaban J connectivity index is 3.32. The first-order chi connectivity index (χ1) is 8.93. The van der Waals surface area contributed by atoms with Gasteiger partial charge < -0.3 is 4.74 Å². The van der Waals surface area contributed by atoms with Crippen LogP contribution in [0.4, 0.5) is 5.69 Å². The molecule has 1 unspecified atom stereocenters. The van der Waals surface area contributed by atoms with Crippen LogP contribution in [0.15, 0.2) is 18.2 Å². The van der Waals surface area contributed by atoms with E-state index < -0.39 is 12.0 Å². The summed E-state index contributed by atoms with van der Waals surface area (Å²) in [7, 11) is 1.30. The van der Waals surface area contributed by atoms with Crippen LogP contribution in [0.1, 0.15) is 12.5 Å². The molecule has 1 atom stereocenters. The molecule has 0 heterocycles. The minimum absolute atomic E-state index is 0.185. The van der Waals surface area contributed by atoms with Crippen LogP contribution in [-0.2, 0) is 14.3 Å². The molecule has 1 aromatic rings. The average Bonchev–Trinajstić information content (AvgIpc) is 2.40. The highest BCUT2D eigenvalue weighted by molar-refractivity contribution is 14.1. The summed E-state index contributed by atoms with van der Waals surface area (Å²) in [4.78, 5) is 25.2. The molecular weight excluding hydrogens is 381 g/mol. The Morgan fingerprint density at radius 3 is 2.58 bits per heavy atom. The molecule has 1 aromatic carbocycles. The van der Waals surface area contributed by atoms with Crippen LogP contribution in [0.5, 0.6) is 0 Å². The van der Waals surface area contributed by atoms with E-state index in [9.17, 15) is 9.59 Å². The minimum atomic E-state index is -0.717. The zero-order valence-electron chi connectivity index (χ0n) is 10.9. The van der Waals surface area contributed by atoms with Gasteiger partial charge in [0.15, 0.2) is 0 Å². The predicted octanol–water partition coefficient (Wildman–Crippen LogP) is 2.98. The van der Waals surface area contributed by atoms with Gasteiger partial charge in [-0.3, -0.25) is 9.69 Å². The van der Waals surface area contributed by atoms with Crippen molar-refractivity contribution in [3.8, 4) is 0 Å². The van der Waals surface area contributed by atoms with Crippen molar-refractivity contribution < 1.29 is 14.3 Å². The Bertz CT molecular complexity index is 473. The number of halogens is 2. The number of methoxy groups -OCH3 is 1. The molecule has 19 heavy (non-hydrogen) atoms. The number of benzene rings is 1. The maximum Gasteiger partial charge on any atom is 0.328 e. The van der Waals surface area contributed by atoms with E-state index in [1.54, 1.807) is 19.1 Å². The summed E-state index contributed by atoms with van der Waals surface area (Å²) >= 11 is 8.13. The van der Waals surface area contributed by atoms with E-state index in [1.165, 1.54) is 12.0 Å². The number of nitrogens with zero attached hydrogens (tertiary/aromatic N) is 1. The van der Waals surface area contributed by atoms with Gasteiger partial charge in [-0.15, -0.1) is 0 Å². The lowest BCUT2D eigenvalue weighted by atomic mass is 10.1. The van der Waals surface area contributed by atoms with E-state index in [-0.39, 0.29) is 10.3 Å². The quantitative estimate of drug-likeness (QED) is 0.447. The number of amides is 1. The van der Waals surface area contributed by atoms with E-state index in [1.807, 2.05) is 35.6 Å². The van der Waals surface area contributed by atoms with Gasteiger partial charge in [0.25, 0.3) is 0 Å². The lowest BCUT2D eigenvalue weighted by Gasteiger charge is -2.29. The van der Waals surface area contributed by atoms with Crippen molar-refractivity contribution in [2.75, 3.05) is 16.4 Å². The number of ether oxygens (including phenoxy) is 1.